The molecule has 0 fully saturated rings. The van der Waals surface area contributed by atoms with Crippen LogP contribution in [0.3, 0.4) is 0 Å². The highest BCUT2D eigenvalue weighted by atomic mass is 32.2. The van der Waals surface area contributed by atoms with Gasteiger partial charge < -0.3 is 19.3 Å². The van der Waals surface area contributed by atoms with Gasteiger partial charge in [-0.2, -0.15) is 0 Å². The third kappa shape index (κ3) is 9.33. The van der Waals surface area contributed by atoms with Crippen molar-refractivity contribution in [1.29, 1.82) is 0 Å². The number of ether oxygens (including phenoxy) is 3. The molecule has 1 N–H and O–H groups in total. The van der Waals surface area contributed by atoms with Crippen LogP contribution in [0.1, 0.15) is 47.1 Å². The second-order valence-electron chi connectivity index (χ2n) is 15.2. The van der Waals surface area contributed by atoms with Gasteiger partial charge in [0.25, 0.3) is 0 Å². The Morgan fingerprint density at radius 3 is 1.14 bits per heavy atom. The van der Waals surface area contributed by atoms with Crippen LogP contribution < -0.4 is 14.2 Å². The van der Waals surface area contributed by atoms with E-state index in [9.17, 15) is 30.4 Å². The lowest BCUT2D eigenvalue weighted by molar-refractivity contribution is 0.131. The zero-order chi connectivity index (χ0) is 41.4. The molecule has 10 nitrogen and oxygen atoms in total. The van der Waals surface area contributed by atoms with E-state index in [0.717, 1.165) is 5.56 Å². The van der Waals surface area contributed by atoms with E-state index in [4.69, 9.17) is 14.2 Å². The number of aromatic hydroxyl groups is 1. The van der Waals surface area contributed by atoms with E-state index in [2.05, 4.69) is 0 Å². The van der Waals surface area contributed by atoms with Crippen LogP contribution >= 0.6 is 0 Å². The summed E-state index contributed by atoms with van der Waals surface area (Å²) >= 11 is 0. The van der Waals surface area contributed by atoms with Gasteiger partial charge >= 0.3 is 0 Å². The van der Waals surface area contributed by atoms with Crippen molar-refractivity contribution in [2.75, 3.05) is 0 Å². The van der Waals surface area contributed by atoms with Crippen LogP contribution in [-0.4, -0.2) is 36.0 Å². The van der Waals surface area contributed by atoms with Gasteiger partial charge in [-0.25, -0.2) is 25.3 Å². The largest absolute Gasteiger partial charge is 0.508 e. The van der Waals surface area contributed by atoms with E-state index in [-0.39, 0.29) is 63.5 Å². The quantitative estimate of drug-likeness (QED) is 0.134. The Labute approximate surface area is 334 Å². The Bertz CT molecular complexity index is 2710. The van der Waals surface area contributed by atoms with Gasteiger partial charge in [0.2, 0.25) is 29.5 Å². The van der Waals surface area contributed by atoms with Crippen molar-refractivity contribution in [3.05, 3.63) is 145 Å². The first kappa shape index (κ1) is 41.0. The fraction of sp³-hybridized carbons (Fsp3) is 0.182. The molecule has 6 aromatic carbocycles. The monoisotopic (exact) mass is 826 g/mol. The van der Waals surface area contributed by atoms with Crippen LogP contribution in [0.2, 0.25) is 0 Å². The first-order valence-corrected chi connectivity index (χ1v) is 22.2. The molecule has 0 aromatic heterocycles. The molecule has 0 aliphatic carbocycles. The van der Waals surface area contributed by atoms with Gasteiger partial charge in [-0.05, 0) is 153 Å². The zero-order valence-electron chi connectivity index (χ0n) is 32.1. The van der Waals surface area contributed by atoms with Gasteiger partial charge in [0.1, 0.15) is 28.6 Å². The SMILES string of the molecule is CC(C)(C)Oc1ccc(S(=O)(=O)c2ccc(Oc3ccc(S(=O)(=O)c4ccc(O)cc4)cc3)c(Oc3ccc(S(=O)(=O)c4ccc(C(C)(C)C)cc4)cc3)c2)cc1. The lowest BCUT2D eigenvalue weighted by Crippen LogP contribution is -2.22. The zero-order valence-corrected chi connectivity index (χ0v) is 34.6. The minimum absolute atomic E-state index is 0.00455. The van der Waals surface area contributed by atoms with Crippen LogP contribution in [0.15, 0.2) is 169 Å². The van der Waals surface area contributed by atoms with Crippen molar-refractivity contribution in [2.24, 2.45) is 0 Å². The van der Waals surface area contributed by atoms with E-state index >= 15 is 0 Å². The molecule has 0 aliphatic heterocycles. The molecule has 0 spiro atoms. The van der Waals surface area contributed by atoms with Crippen molar-refractivity contribution in [2.45, 2.75) is 81.9 Å². The Morgan fingerprint density at radius 1 is 0.404 bits per heavy atom. The maximum Gasteiger partial charge on any atom is 0.206 e. The third-order valence-corrected chi connectivity index (χ3v) is 14.0. The van der Waals surface area contributed by atoms with Crippen LogP contribution in [0.25, 0.3) is 0 Å². The number of sulfone groups is 3. The van der Waals surface area contributed by atoms with Gasteiger partial charge in [0.15, 0.2) is 11.5 Å². The van der Waals surface area contributed by atoms with Gasteiger partial charge in [-0.15, -0.1) is 0 Å². The molecule has 0 aliphatic rings. The van der Waals surface area contributed by atoms with E-state index in [0.29, 0.717) is 5.75 Å². The molecule has 0 bridgehead atoms. The minimum Gasteiger partial charge on any atom is -0.508 e. The van der Waals surface area contributed by atoms with Gasteiger partial charge in [0.05, 0.1) is 29.4 Å². The Kier molecular flexibility index (Phi) is 11.1. The molecular formula is C44H42O10S3. The number of rotatable bonds is 11. The molecule has 0 saturated carbocycles. The summed E-state index contributed by atoms with van der Waals surface area (Å²) in [4.78, 5) is 0.0548. The molecular weight excluding hydrogens is 785 g/mol. The van der Waals surface area contributed by atoms with E-state index < -0.39 is 35.1 Å². The fourth-order valence-electron chi connectivity index (χ4n) is 5.66. The number of phenolic OH excluding ortho intramolecular Hbond substituents is 1. The Hall–Kier alpha value is -5.63. The summed E-state index contributed by atoms with van der Waals surface area (Å²) < 4.78 is 99.2. The molecule has 0 radical (unpaired) electrons. The summed E-state index contributed by atoms with van der Waals surface area (Å²) in [7, 11) is -11.8. The lowest BCUT2D eigenvalue weighted by Gasteiger charge is -2.21. The molecule has 0 saturated heterocycles. The second kappa shape index (κ2) is 15.4. The summed E-state index contributed by atoms with van der Waals surface area (Å²) in [5.41, 5.74) is 0.364. The molecule has 6 aromatic rings. The van der Waals surface area contributed by atoms with Crippen molar-refractivity contribution in [1.82, 2.24) is 0 Å². The van der Waals surface area contributed by atoms with Gasteiger partial charge in [-0.3, -0.25) is 0 Å². The van der Waals surface area contributed by atoms with Crippen LogP contribution in [0.4, 0.5) is 0 Å². The number of benzene rings is 6. The maximum absolute atomic E-state index is 13.9. The van der Waals surface area contributed by atoms with Crippen molar-refractivity contribution in [3.63, 3.8) is 0 Å². The Morgan fingerprint density at radius 2 is 0.737 bits per heavy atom. The summed E-state index contributed by atoms with van der Waals surface area (Å²) in [6.45, 7) is 11.8. The molecule has 13 heteroatoms. The molecule has 57 heavy (non-hydrogen) atoms. The summed E-state index contributed by atoms with van der Waals surface area (Å²) in [6, 6.07) is 33.4. The van der Waals surface area contributed by atoms with Crippen molar-refractivity contribution < 1.29 is 44.6 Å². The predicted molar refractivity (Wildman–Crippen MR) is 216 cm³/mol. The highest BCUT2D eigenvalue weighted by Crippen LogP contribution is 2.39. The average molecular weight is 827 g/mol. The smallest absolute Gasteiger partial charge is 0.206 e. The normalized spacial score (nSPS) is 12.5. The number of hydrogen-bond acceptors (Lipinski definition) is 10. The van der Waals surface area contributed by atoms with E-state index in [1.807, 2.05) is 41.5 Å². The van der Waals surface area contributed by atoms with Crippen molar-refractivity contribution in [3.8, 4) is 34.5 Å². The number of phenols is 1. The standard InChI is InChI=1S/C44H42O10S3/c1-43(2,3)30-7-17-35(18-8-30)55(46,47)37-23-13-33(14-24-37)53-42-29-40(57(50,51)39-25-15-34(16-26-39)54-44(4,5)6)27-28-41(42)52-32-11-21-38(22-12-32)56(48,49)36-19-9-31(45)10-20-36/h7-29,45H,1-6H3. The third-order valence-electron chi connectivity index (χ3n) is 8.68. The predicted octanol–water partition coefficient (Wildman–Crippen LogP) is 9.95. The van der Waals surface area contributed by atoms with E-state index in [1.165, 1.54) is 103 Å². The topological polar surface area (TPSA) is 150 Å². The fourth-order valence-corrected chi connectivity index (χ4v) is 9.45. The van der Waals surface area contributed by atoms with Gasteiger partial charge in [-0.1, -0.05) is 32.9 Å². The molecule has 296 valence electrons. The van der Waals surface area contributed by atoms with Crippen LogP contribution in [0.5, 0.6) is 34.5 Å². The molecule has 0 atom stereocenters. The molecule has 6 rings (SSSR count). The highest BCUT2D eigenvalue weighted by molar-refractivity contribution is 7.92. The van der Waals surface area contributed by atoms with Gasteiger partial charge in [0, 0.05) is 6.07 Å². The second-order valence-corrected chi connectivity index (χ2v) is 21.1. The maximum atomic E-state index is 13.9. The van der Waals surface area contributed by atoms with Crippen molar-refractivity contribution >= 4 is 29.5 Å². The average Bonchev–Trinajstić information content (AvgIpc) is 3.15. The first-order valence-electron chi connectivity index (χ1n) is 17.8. The van der Waals surface area contributed by atoms with Crippen LogP contribution in [-0.2, 0) is 34.9 Å². The highest BCUT2D eigenvalue weighted by Gasteiger charge is 2.24. The van der Waals surface area contributed by atoms with Crippen LogP contribution in [0, 0.1) is 0 Å². The lowest BCUT2D eigenvalue weighted by atomic mass is 9.87. The Balaban J connectivity index is 1.32. The summed E-state index contributed by atoms with van der Waals surface area (Å²) in [5.74, 6) is 0.916. The minimum atomic E-state index is -4.08. The molecule has 0 amide bonds. The first-order chi connectivity index (χ1) is 26.6. The molecule has 0 heterocycles. The molecule has 0 unspecified atom stereocenters. The van der Waals surface area contributed by atoms with E-state index in [1.54, 1.807) is 36.4 Å². The number of hydrogen-bond donors (Lipinski definition) is 1. The summed E-state index contributed by atoms with van der Waals surface area (Å²) in [5, 5.41) is 9.58. The summed E-state index contributed by atoms with van der Waals surface area (Å²) in [6.07, 6.45) is 0.